The second-order valence-corrected chi connectivity index (χ2v) is 12.7. The minimum absolute atomic E-state index is 0.0163. The molecule has 2 atom stereocenters. The number of nitrogens with one attached hydrogen (secondary N) is 1. The number of sulfonamides is 2. The van der Waals surface area contributed by atoms with Gasteiger partial charge < -0.3 is 5.11 Å². The molecule has 1 saturated heterocycles. The summed E-state index contributed by atoms with van der Waals surface area (Å²) in [5.41, 5.74) is 0. The number of hydrogen-bond acceptors (Lipinski definition) is 5. The van der Waals surface area contributed by atoms with Crippen molar-refractivity contribution >= 4 is 49.2 Å². The van der Waals surface area contributed by atoms with E-state index >= 15 is 0 Å². The number of halogens is 2. The molecule has 2 N–H and O–H groups in total. The van der Waals surface area contributed by atoms with Crippen molar-refractivity contribution in [1.29, 1.82) is 0 Å². The third-order valence-corrected chi connectivity index (χ3v) is 9.63. The molecule has 0 bridgehead atoms. The summed E-state index contributed by atoms with van der Waals surface area (Å²) in [5, 5.41) is 9.61. The molecule has 34 heavy (non-hydrogen) atoms. The van der Waals surface area contributed by atoms with Crippen molar-refractivity contribution in [2.24, 2.45) is 0 Å². The van der Waals surface area contributed by atoms with Crippen LogP contribution in [0.4, 0.5) is 0 Å². The number of aliphatic carboxylic acids is 1. The lowest BCUT2D eigenvalue weighted by Crippen LogP contribution is -2.39. The fourth-order valence-electron chi connectivity index (χ4n) is 4.00. The first-order chi connectivity index (χ1) is 16.0. The summed E-state index contributed by atoms with van der Waals surface area (Å²) in [6, 6.07) is 10.5. The van der Waals surface area contributed by atoms with Crippen molar-refractivity contribution in [3.05, 3.63) is 58.6 Å². The largest absolute Gasteiger partial charge is 0.481 e. The highest BCUT2D eigenvalue weighted by molar-refractivity contribution is 7.89. The number of carbonyl (C=O) groups is 1. The zero-order valence-corrected chi connectivity index (χ0v) is 21.4. The number of carboxylic acids is 1. The molecular weight excluding hydrogens is 523 g/mol. The van der Waals surface area contributed by atoms with E-state index in [2.05, 4.69) is 4.72 Å². The van der Waals surface area contributed by atoms with Crippen LogP contribution in [0, 0.1) is 0 Å². The number of carboxylic acid groups (broad SMARTS) is 1. The number of rotatable bonds is 11. The van der Waals surface area contributed by atoms with Crippen LogP contribution in [0.3, 0.4) is 0 Å². The number of unbranched alkanes of at least 4 members (excludes halogenated alkanes) is 2. The van der Waals surface area contributed by atoms with E-state index in [0.29, 0.717) is 42.1 Å². The monoisotopic (exact) mass is 548 g/mol. The molecule has 0 saturated carbocycles. The van der Waals surface area contributed by atoms with E-state index in [-0.39, 0.29) is 22.8 Å². The highest BCUT2D eigenvalue weighted by Crippen LogP contribution is 2.31. The zero-order valence-electron chi connectivity index (χ0n) is 18.2. The maximum atomic E-state index is 13.4. The van der Waals surface area contributed by atoms with Crippen molar-refractivity contribution in [1.82, 2.24) is 9.03 Å². The number of hydrogen-bond donors (Lipinski definition) is 2. The second-order valence-electron chi connectivity index (χ2n) is 8.18. The van der Waals surface area contributed by atoms with E-state index in [4.69, 9.17) is 28.3 Å². The van der Waals surface area contributed by atoms with E-state index in [9.17, 15) is 21.6 Å². The van der Waals surface area contributed by atoms with Crippen LogP contribution >= 0.6 is 23.2 Å². The van der Waals surface area contributed by atoms with Crippen LogP contribution in [0.2, 0.25) is 10.0 Å². The SMILES string of the molecule is O=C(O)CCCCC[C@@H]1C[C@@H](NS(=O)(=O)c2ccc(Cl)cc2)CN1S(=O)(=O)c1ccc(Cl)cc1. The van der Waals surface area contributed by atoms with Gasteiger partial charge in [0.25, 0.3) is 0 Å². The Morgan fingerprint density at radius 3 is 2.03 bits per heavy atom. The Bertz CT molecular complexity index is 1200. The summed E-state index contributed by atoms with van der Waals surface area (Å²) in [7, 11) is -7.77. The first-order valence-electron chi connectivity index (χ1n) is 10.8. The lowest BCUT2D eigenvalue weighted by molar-refractivity contribution is -0.137. The Morgan fingerprint density at radius 2 is 1.47 bits per heavy atom. The molecule has 0 spiro atoms. The summed E-state index contributed by atoms with van der Waals surface area (Å²) in [6.07, 6.45) is 2.61. The smallest absolute Gasteiger partial charge is 0.303 e. The average Bonchev–Trinajstić information content (AvgIpc) is 3.16. The van der Waals surface area contributed by atoms with Crippen LogP contribution in [-0.4, -0.2) is 50.8 Å². The molecule has 1 aliphatic rings. The predicted molar refractivity (Wildman–Crippen MR) is 130 cm³/mol. The van der Waals surface area contributed by atoms with E-state index < -0.39 is 38.1 Å². The van der Waals surface area contributed by atoms with Gasteiger partial charge in [0, 0.05) is 35.1 Å². The molecule has 186 valence electrons. The van der Waals surface area contributed by atoms with Gasteiger partial charge in [0.15, 0.2) is 0 Å². The first-order valence-corrected chi connectivity index (χ1v) is 14.4. The van der Waals surface area contributed by atoms with Gasteiger partial charge >= 0.3 is 5.97 Å². The molecule has 12 heteroatoms. The molecule has 0 aromatic heterocycles. The van der Waals surface area contributed by atoms with Crippen LogP contribution in [0.5, 0.6) is 0 Å². The highest BCUT2D eigenvalue weighted by Gasteiger charge is 2.41. The Kier molecular flexibility index (Phi) is 8.99. The average molecular weight is 549 g/mol. The number of benzene rings is 2. The molecule has 0 unspecified atom stereocenters. The molecule has 2 aromatic carbocycles. The van der Waals surface area contributed by atoms with Gasteiger partial charge in [0.1, 0.15) is 0 Å². The molecule has 0 radical (unpaired) electrons. The Balaban J connectivity index is 1.77. The molecule has 0 amide bonds. The maximum Gasteiger partial charge on any atom is 0.303 e. The van der Waals surface area contributed by atoms with Gasteiger partial charge in [0.05, 0.1) is 9.79 Å². The van der Waals surface area contributed by atoms with E-state index in [1.165, 1.54) is 52.8 Å². The van der Waals surface area contributed by atoms with Crippen LogP contribution in [0.25, 0.3) is 0 Å². The Morgan fingerprint density at radius 1 is 0.912 bits per heavy atom. The summed E-state index contributed by atoms with van der Waals surface area (Å²) in [5.74, 6) is -0.871. The predicted octanol–water partition coefficient (Wildman–Crippen LogP) is 4.14. The van der Waals surface area contributed by atoms with Crippen LogP contribution < -0.4 is 4.72 Å². The molecule has 0 aliphatic carbocycles. The van der Waals surface area contributed by atoms with E-state index in [1.807, 2.05) is 0 Å². The van der Waals surface area contributed by atoms with Crippen molar-refractivity contribution < 1.29 is 26.7 Å². The van der Waals surface area contributed by atoms with Gasteiger partial charge in [-0.05, 0) is 67.8 Å². The zero-order chi connectivity index (χ0) is 24.9. The van der Waals surface area contributed by atoms with Gasteiger partial charge in [-0.25, -0.2) is 21.6 Å². The van der Waals surface area contributed by atoms with Gasteiger partial charge in [-0.3, -0.25) is 4.79 Å². The highest BCUT2D eigenvalue weighted by atomic mass is 35.5. The van der Waals surface area contributed by atoms with Crippen LogP contribution in [-0.2, 0) is 24.8 Å². The number of nitrogens with zero attached hydrogens (tertiary/aromatic N) is 1. The summed E-state index contributed by atoms with van der Waals surface area (Å²) in [6.45, 7) is -0.0163. The molecule has 3 rings (SSSR count). The lowest BCUT2D eigenvalue weighted by atomic mass is 10.0. The minimum Gasteiger partial charge on any atom is -0.481 e. The van der Waals surface area contributed by atoms with Crippen molar-refractivity contribution in [2.45, 2.75) is 60.4 Å². The van der Waals surface area contributed by atoms with Crippen molar-refractivity contribution in [3.8, 4) is 0 Å². The normalized spacial score (nSPS) is 19.4. The van der Waals surface area contributed by atoms with Crippen molar-refractivity contribution in [3.63, 3.8) is 0 Å². The fraction of sp³-hybridized carbons (Fsp3) is 0.409. The minimum atomic E-state index is -3.89. The summed E-state index contributed by atoms with van der Waals surface area (Å²) < 4.78 is 56.4. The Hall–Kier alpha value is -1.69. The van der Waals surface area contributed by atoms with Gasteiger partial charge in [-0.2, -0.15) is 4.31 Å². The quantitative estimate of drug-likeness (QED) is 0.407. The lowest BCUT2D eigenvalue weighted by Gasteiger charge is -2.24. The summed E-state index contributed by atoms with van der Waals surface area (Å²) in [4.78, 5) is 10.8. The summed E-state index contributed by atoms with van der Waals surface area (Å²) >= 11 is 11.7. The molecule has 1 heterocycles. The van der Waals surface area contributed by atoms with Gasteiger partial charge in [0.2, 0.25) is 20.0 Å². The molecular formula is C22H26Cl2N2O6S2. The van der Waals surface area contributed by atoms with Crippen LogP contribution in [0.15, 0.2) is 58.3 Å². The van der Waals surface area contributed by atoms with Crippen LogP contribution in [0.1, 0.15) is 38.5 Å². The Labute approximate surface area is 210 Å². The van der Waals surface area contributed by atoms with Gasteiger partial charge in [-0.1, -0.05) is 36.0 Å². The first kappa shape index (κ1) is 26.9. The van der Waals surface area contributed by atoms with Crippen molar-refractivity contribution in [2.75, 3.05) is 6.54 Å². The van der Waals surface area contributed by atoms with E-state index in [1.54, 1.807) is 0 Å². The molecule has 1 fully saturated rings. The molecule has 1 aliphatic heterocycles. The standard InChI is InChI=1S/C22H26Cl2N2O6S2/c23-16-6-10-20(11-7-16)33(29,30)25-18-14-19(4-2-1-3-5-22(27)28)26(15-18)34(31,32)21-12-8-17(24)9-13-21/h6-13,18-19,25H,1-5,14-15H2,(H,27,28)/t18-,19-/m1/s1. The van der Waals surface area contributed by atoms with Gasteiger partial charge in [-0.15, -0.1) is 0 Å². The third kappa shape index (κ3) is 6.93. The molecule has 2 aromatic rings. The van der Waals surface area contributed by atoms with E-state index in [0.717, 1.165) is 0 Å². The molecule has 8 nitrogen and oxygen atoms in total. The fourth-order valence-corrected chi connectivity index (χ4v) is 7.21. The topological polar surface area (TPSA) is 121 Å². The second kappa shape index (κ2) is 11.4. The maximum absolute atomic E-state index is 13.4. The third-order valence-electron chi connectivity index (χ3n) is 5.66.